The van der Waals surface area contributed by atoms with Crippen LogP contribution in [-0.2, 0) is 25.7 Å². The molecule has 4 aliphatic rings. The second-order valence-corrected chi connectivity index (χ2v) is 19.7. The summed E-state index contributed by atoms with van der Waals surface area (Å²) in [4.78, 5) is 32.1. The molecule has 272 valence electrons. The molecule has 1 amide bonds. The molecule has 2 N–H and O–H groups in total. The fourth-order valence-corrected chi connectivity index (χ4v) is 8.33. The summed E-state index contributed by atoms with van der Waals surface area (Å²) in [6.07, 6.45) is 0.841. The summed E-state index contributed by atoms with van der Waals surface area (Å²) in [7, 11) is 3.69. The van der Waals surface area contributed by atoms with Gasteiger partial charge in [0.15, 0.2) is 28.7 Å². The topological polar surface area (TPSA) is 127 Å². The van der Waals surface area contributed by atoms with Crippen LogP contribution in [0.4, 0.5) is 0 Å². The molecule has 0 aromatic heterocycles. The first-order valence-corrected chi connectivity index (χ1v) is 20.0. The van der Waals surface area contributed by atoms with E-state index >= 15 is 0 Å². The van der Waals surface area contributed by atoms with Crippen LogP contribution in [0.1, 0.15) is 56.0 Å². The largest absolute Gasteiger partial charge is 0.543 e. The SMILES string of the molecule is COc1c(C)c(O[Si](C)(C)C(C)(C)C)c2c(c1OC)[C@H](COCc1ccccc1)N1C(=O)C3=C(O)C4=C(O)C(C)C(OC)C(=O)C4=C(C1=C2)N3C. The lowest BCUT2D eigenvalue weighted by Gasteiger charge is -2.49. The molecule has 0 saturated carbocycles. The molecule has 1 saturated heterocycles. The third-order valence-corrected chi connectivity index (χ3v) is 15.3. The van der Waals surface area contributed by atoms with Crippen molar-refractivity contribution in [3.63, 3.8) is 0 Å². The molecule has 0 spiro atoms. The Bertz CT molecular complexity index is 1940. The number of hydrogen-bond acceptors (Lipinski definition) is 10. The number of likely N-dealkylation sites (N-methyl/N-ethyl adjacent to an activating group) is 1. The lowest BCUT2D eigenvalue weighted by Crippen LogP contribution is -2.52. The van der Waals surface area contributed by atoms with Crippen molar-refractivity contribution in [2.75, 3.05) is 35.0 Å². The molecule has 12 heteroatoms. The van der Waals surface area contributed by atoms with Crippen molar-refractivity contribution in [3.05, 3.63) is 92.3 Å². The zero-order chi connectivity index (χ0) is 37.3. The number of piperazine rings is 1. The molecule has 2 bridgehead atoms. The number of aliphatic hydroxyl groups is 2. The lowest BCUT2D eigenvalue weighted by molar-refractivity contribution is -0.133. The Morgan fingerprint density at radius 3 is 2.16 bits per heavy atom. The van der Waals surface area contributed by atoms with Gasteiger partial charge in [-0.3, -0.25) is 14.5 Å². The van der Waals surface area contributed by atoms with Crippen molar-refractivity contribution in [1.82, 2.24) is 9.80 Å². The van der Waals surface area contributed by atoms with E-state index in [1.807, 2.05) is 43.3 Å². The number of methoxy groups -OCH3 is 3. The number of carbonyl (C=O) groups excluding carboxylic acids is 2. The molecule has 1 fully saturated rings. The monoisotopic (exact) mass is 716 g/mol. The van der Waals surface area contributed by atoms with Gasteiger partial charge in [0.2, 0.25) is 0 Å². The van der Waals surface area contributed by atoms with Crippen molar-refractivity contribution < 1.29 is 43.2 Å². The van der Waals surface area contributed by atoms with E-state index in [4.69, 9.17) is 23.4 Å². The normalized spacial score (nSPS) is 21.8. The number of Topliss-reactive ketones (excluding diaryl/α,β-unsaturated/α-hetero) is 1. The molecule has 6 rings (SSSR count). The van der Waals surface area contributed by atoms with Gasteiger partial charge in [-0.2, -0.15) is 0 Å². The number of rotatable bonds is 9. The average Bonchev–Trinajstić information content (AvgIpc) is 3.07. The Morgan fingerprint density at radius 1 is 0.922 bits per heavy atom. The smallest absolute Gasteiger partial charge is 0.279 e. The first kappa shape index (κ1) is 36.3. The summed E-state index contributed by atoms with van der Waals surface area (Å²) in [6.45, 7) is 14.7. The Balaban J connectivity index is 1.69. The summed E-state index contributed by atoms with van der Waals surface area (Å²) in [5.41, 5.74) is 3.65. The van der Waals surface area contributed by atoms with Crippen LogP contribution >= 0.6 is 0 Å². The van der Waals surface area contributed by atoms with Gasteiger partial charge in [0, 0.05) is 36.8 Å². The summed E-state index contributed by atoms with van der Waals surface area (Å²) >= 11 is 0. The van der Waals surface area contributed by atoms with Crippen molar-refractivity contribution >= 4 is 26.1 Å². The number of nitrogens with zero attached hydrogens (tertiary/aromatic N) is 2. The number of amides is 1. The number of allylic oxidation sites excluding steroid dienone is 1. The zero-order valence-corrected chi connectivity index (χ0v) is 32.3. The highest BCUT2D eigenvalue weighted by Crippen LogP contribution is 2.57. The van der Waals surface area contributed by atoms with Gasteiger partial charge in [0.25, 0.3) is 14.2 Å². The van der Waals surface area contributed by atoms with Crippen LogP contribution in [0.25, 0.3) is 6.08 Å². The third kappa shape index (κ3) is 5.46. The van der Waals surface area contributed by atoms with Crippen molar-refractivity contribution in [2.24, 2.45) is 5.92 Å². The highest BCUT2D eigenvalue weighted by molar-refractivity contribution is 6.74. The van der Waals surface area contributed by atoms with Gasteiger partial charge < -0.3 is 38.5 Å². The molecule has 51 heavy (non-hydrogen) atoms. The van der Waals surface area contributed by atoms with E-state index in [1.54, 1.807) is 33.1 Å². The molecular weight excluding hydrogens is 669 g/mol. The molecule has 2 aromatic carbocycles. The summed E-state index contributed by atoms with van der Waals surface area (Å²) < 4.78 is 31.2. The second kappa shape index (κ2) is 12.9. The predicted molar refractivity (Wildman–Crippen MR) is 195 cm³/mol. The van der Waals surface area contributed by atoms with Gasteiger partial charge in [0.1, 0.15) is 17.6 Å². The van der Waals surface area contributed by atoms with Crippen molar-refractivity contribution in [1.29, 1.82) is 0 Å². The van der Waals surface area contributed by atoms with E-state index in [-0.39, 0.29) is 40.9 Å². The predicted octanol–water partition coefficient (Wildman–Crippen LogP) is 6.87. The van der Waals surface area contributed by atoms with Crippen molar-refractivity contribution in [2.45, 2.75) is 71.5 Å². The Hall–Kier alpha value is -4.52. The van der Waals surface area contributed by atoms with E-state index in [1.165, 1.54) is 12.0 Å². The zero-order valence-electron chi connectivity index (χ0n) is 31.3. The Morgan fingerprint density at radius 2 is 1.57 bits per heavy atom. The lowest BCUT2D eigenvalue weighted by atomic mass is 9.76. The van der Waals surface area contributed by atoms with Crippen LogP contribution in [0.15, 0.2) is 70.1 Å². The maximum atomic E-state index is 14.8. The van der Waals surface area contributed by atoms with E-state index in [0.29, 0.717) is 39.8 Å². The van der Waals surface area contributed by atoms with Crippen molar-refractivity contribution in [3.8, 4) is 17.2 Å². The highest BCUT2D eigenvalue weighted by Gasteiger charge is 2.54. The van der Waals surface area contributed by atoms with E-state index < -0.39 is 43.8 Å². The van der Waals surface area contributed by atoms with Crippen LogP contribution in [0.3, 0.4) is 0 Å². The van der Waals surface area contributed by atoms with Crippen LogP contribution < -0.4 is 13.9 Å². The first-order chi connectivity index (χ1) is 24.0. The molecule has 3 heterocycles. The number of carbonyl (C=O) groups is 2. The molecule has 2 aromatic rings. The van der Waals surface area contributed by atoms with Crippen LogP contribution in [0.5, 0.6) is 17.2 Å². The Kier molecular flexibility index (Phi) is 9.18. The third-order valence-electron chi connectivity index (χ3n) is 11.0. The minimum absolute atomic E-state index is 0.0209. The van der Waals surface area contributed by atoms with Gasteiger partial charge in [-0.1, -0.05) is 58.0 Å². The van der Waals surface area contributed by atoms with Crippen LogP contribution in [0.2, 0.25) is 18.1 Å². The minimum Gasteiger partial charge on any atom is -0.543 e. The van der Waals surface area contributed by atoms with Crippen LogP contribution in [-0.4, -0.2) is 81.1 Å². The number of fused-ring (bicyclic) bond motifs is 6. The quantitative estimate of drug-likeness (QED) is 0.266. The molecule has 0 radical (unpaired) electrons. The summed E-state index contributed by atoms with van der Waals surface area (Å²) in [5, 5.41) is 23.0. The maximum Gasteiger partial charge on any atom is 0.279 e. The fraction of sp³-hybridized carbons (Fsp3) is 0.436. The van der Waals surface area contributed by atoms with Gasteiger partial charge >= 0.3 is 0 Å². The fourth-order valence-electron chi connectivity index (χ4n) is 7.25. The average molecular weight is 717 g/mol. The minimum atomic E-state index is -2.48. The van der Waals surface area contributed by atoms with Gasteiger partial charge in [-0.05, 0) is 36.7 Å². The number of benzene rings is 2. The number of ketones is 1. The number of aliphatic hydroxyl groups excluding tert-OH is 2. The van der Waals surface area contributed by atoms with E-state index in [0.717, 1.165) is 11.1 Å². The van der Waals surface area contributed by atoms with Gasteiger partial charge in [-0.15, -0.1) is 0 Å². The molecule has 1 aliphatic carbocycles. The molecule has 3 aliphatic heterocycles. The standard InChI is InChI=1S/C39H48N2O9Si/c1-20-31(42)28-27(33(44)35(20)46-7)29-24-17-23-26(37(48-9)36(47-8)21(2)34(23)50-51(10,11)39(3,4)5)25(19-49-18-22-15-13-12-14-16-22)41(24)38(45)30(32(28)43)40(29)6/h12-17,20,25,35,42-43H,18-19H2,1-11H3/t20?,25-,35?/m0/s1. The van der Waals surface area contributed by atoms with E-state index in [9.17, 15) is 19.8 Å². The Labute approximate surface area is 300 Å². The maximum absolute atomic E-state index is 14.8. The second-order valence-electron chi connectivity index (χ2n) is 15.0. The number of ether oxygens (including phenoxy) is 4. The molecular formula is C39H48N2O9Si. The molecule has 11 nitrogen and oxygen atoms in total. The van der Waals surface area contributed by atoms with Crippen LogP contribution in [0, 0.1) is 12.8 Å². The molecule has 3 atom stereocenters. The molecule has 2 unspecified atom stereocenters. The van der Waals surface area contributed by atoms with Gasteiger partial charge in [-0.25, -0.2) is 0 Å². The number of hydrogen-bond donors (Lipinski definition) is 2. The summed E-state index contributed by atoms with van der Waals surface area (Å²) in [6, 6.07) is 8.90. The first-order valence-electron chi connectivity index (χ1n) is 17.1. The van der Waals surface area contributed by atoms with E-state index in [2.05, 4.69) is 33.9 Å². The summed E-state index contributed by atoms with van der Waals surface area (Å²) in [5.74, 6) is -0.912. The van der Waals surface area contributed by atoms with Gasteiger partial charge in [0.05, 0.1) is 56.0 Å². The highest BCUT2D eigenvalue weighted by atomic mass is 28.4.